The van der Waals surface area contributed by atoms with Gasteiger partial charge in [-0.15, -0.1) is 0 Å². The zero-order valence-corrected chi connectivity index (χ0v) is 13.6. The predicted octanol–water partition coefficient (Wildman–Crippen LogP) is 3.71. The lowest BCUT2D eigenvalue weighted by molar-refractivity contribution is -0.128. The van der Waals surface area contributed by atoms with Gasteiger partial charge in [0.15, 0.2) is 6.10 Å². The Balaban J connectivity index is 1.65. The summed E-state index contributed by atoms with van der Waals surface area (Å²) < 4.78 is 5.89. The number of fused-ring (bicyclic) bond motifs is 1. The number of benzene rings is 2. The molecule has 0 saturated carbocycles. The third-order valence-corrected chi connectivity index (χ3v) is 3.83. The van der Waals surface area contributed by atoms with Crippen LogP contribution < -0.4 is 10.1 Å². The molecule has 4 heteroatoms. The van der Waals surface area contributed by atoms with Crippen LogP contribution in [0.15, 0.2) is 66.9 Å². The van der Waals surface area contributed by atoms with Crippen LogP contribution in [0.4, 0.5) is 0 Å². The summed E-state index contributed by atoms with van der Waals surface area (Å²) in [7, 11) is 0. The number of nitrogens with one attached hydrogen (secondary N) is 1. The number of nitrogens with zero attached hydrogens (tertiary/aromatic N) is 1. The first kappa shape index (κ1) is 16.0. The Bertz CT molecular complexity index is 818. The summed E-state index contributed by atoms with van der Waals surface area (Å²) in [5.74, 6) is 0.574. The third-order valence-electron chi connectivity index (χ3n) is 3.83. The van der Waals surface area contributed by atoms with Crippen molar-refractivity contribution >= 4 is 16.7 Å². The van der Waals surface area contributed by atoms with Gasteiger partial charge >= 0.3 is 0 Å². The fourth-order valence-electron chi connectivity index (χ4n) is 2.52. The molecule has 1 heterocycles. The van der Waals surface area contributed by atoms with E-state index in [0.717, 1.165) is 16.5 Å². The lowest BCUT2D eigenvalue weighted by Gasteiger charge is -2.17. The Kier molecular flexibility index (Phi) is 5.06. The number of carbonyl (C=O) groups is 1. The Morgan fingerprint density at radius 1 is 1.08 bits per heavy atom. The number of amides is 1. The summed E-state index contributed by atoms with van der Waals surface area (Å²) in [4.78, 5) is 16.6. The van der Waals surface area contributed by atoms with E-state index in [0.29, 0.717) is 18.7 Å². The molecule has 24 heavy (non-hydrogen) atoms. The fraction of sp³-hybridized carbons (Fsp3) is 0.200. The van der Waals surface area contributed by atoms with Crippen molar-refractivity contribution in [1.82, 2.24) is 10.3 Å². The topological polar surface area (TPSA) is 51.2 Å². The molecule has 0 spiro atoms. The number of carbonyl (C=O) groups excluding carboxylic acids is 1. The highest BCUT2D eigenvalue weighted by Crippen LogP contribution is 2.22. The zero-order valence-electron chi connectivity index (χ0n) is 13.6. The monoisotopic (exact) mass is 320 g/mol. The van der Waals surface area contributed by atoms with Crippen LogP contribution in [0.5, 0.6) is 5.75 Å². The van der Waals surface area contributed by atoms with Crippen molar-refractivity contribution < 1.29 is 9.53 Å². The molecule has 0 bridgehead atoms. The standard InChI is InChI=1S/C20H20N2O2/c1-2-19(20(23)22-14-17-9-5-6-12-21-17)24-18-11-10-15-7-3-4-8-16(15)13-18/h3-13,19H,2,14H2,1H3,(H,22,23). The van der Waals surface area contributed by atoms with Gasteiger partial charge in [-0.2, -0.15) is 0 Å². The number of rotatable bonds is 6. The quantitative estimate of drug-likeness (QED) is 0.753. The zero-order chi connectivity index (χ0) is 16.8. The minimum Gasteiger partial charge on any atom is -0.481 e. The van der Waals surface area contributed by atoms with Crippen LogP contribution in [-0.4, -0.2) is 17.0 Å². The largest absolute Gasteiger partial charge is 0.481 e. The van der Waals surface area contributed by atoms with Gasteiger partial charge in [0.2, 0.25) is 0 Å². The van der Waals surface area contributed by atoms with Crippen LogP contribution in [0.3, 0.4) is 0 Å². The highest BCUT2D eigenvalue weighted by Gasteiger charge is 2.18. The van der Waals surface area contributed by atoms with Crippen LogP contribution in [0.2, 0.25) is 0 Å². The molecule has 0 aliphatic carbocycles. The minimum absolute atomic E-state index is 0.128. The number of hydrogen-bond acceptors (Lipinski definition) is 3. The molecule has 1 atom stereocenters. The number of ether oxygens (including phenoxy) is 1. The van der Waals surface area contributed by atoms with Gasteiger partial charge in [-0.3, -0.25) is 9.78 Å². The van der Waals surface area contributed by atoms with Gasteiger partial charge in [0.25, 0.3) is 5.91 Å². The van der Waals surface area contributed by atoms with Gasteiger partial charge in [-0.1, -0.05) is 43.3 Å². The molecule has 3 aromatic rings. The van der Waals surface area contributed by atoms with Crippen LogP contribution in [0.1, 0.15) is 19.0 Å². The van der Waals surface area contributed by atoms with E-state index in [1.165, 1.54) is 0 Å². The minimum atomic E-state index is -0.519. The lowest BCUT2D eigenvalue weighted by Crippen LogP contribution is -2.37. The molecule has 4 nitrogen and oxygen atoms in total. The second-order valence-electron chi connectivity index (χ2n) is 5.56. The maximum Gasteiger partial charge on any atom is 0.261 e. The van der Waals surface area contributed by atoms with E-state index in [1.807, 2.05) is 61.5 Å². The molecule has 1 N–H and O–H groups in total. The molecule has 0 fully saturated rings. The first-order valence-electron chi connectivity index (χ1n) is 8.09. The normalized spacial score (nSPS) is 11.9. The van der Waals surface area contributed by atoms with Crippen LogP contribution >= 0.6 is 0 Å². The Morgan fingerprint density at radius 2 is 1.88 bits per heavy atom. The summed E-state index contributed by atoms with van der Waals surface area (Å²) in [6, 6.07) is 19.6. The van der Waals surface area contributed by atoms with Gasteiger partial charge in [-0.25, -0.2) is 0 Å². The first-order valence-corrected chi connectivity index (χ1v) is 8.09. The summed E-state index contributed by atoms with van der Waals surface area (Å²) >= 11 is 0. The van der Waals surface area contributed by atoms with E-state index in [9.17, 15) is 4.79 Å². The summed E-state index contributed by atoms with van der Waals surface area (Å²) in [6.45, 7) is 2.34. The third kappa shape index (κ3) is 3.90. The van der Waals surface area contributed by atoms with Crippen LogP contribution in [0, 0.1) is 0 Å². The highest BCUT2D eigenvalue weighted by molar-refractivity contribution is 5.84. The predicted molar refractivity (Wildman–Crippen MR) is 94.7 cm³/mol. The van der Waals surface area contributed by atoms with Crippen molar-refractivity contribution in [2.24, 2.45) is 0 Å². The average Bonchev–Trinajstić information content (AvgIpc) is 2.65. The molecule has 0 saturated heterocycles. The van der Waals surface area contributed by atoms with Gasteiger partial charge in [-0.05, 0) is 41.5 Å². The van der Waals surface area contributed by atoms with Gasteiger partial charge in [0, 0.05) is 6.20 Å². The molecule has 2 aromatic carbocycles. The summed E-state index contributed by atoms with van der Waals surface area (Å²) in [6.07, 6.45) is 1.79. The van der Waals surface area contributed by atoms with Crippen molar-refractivity contribution in [3.63, 3.8) is 0 Å². The lowest BCUT2D eigenvalue weighted by atomic mass is 10.1. The smallest absolute Gasteiger partial charge is 0.261 e. The molecular formula is C20H20N2O2. The van der Waals surface area contributed by atoms with E-state index in [2.05, 4.69) is 16.4 Å². The summed E-state index contributed by atoms with van der Waals surface area (Å²) in [5, 5.41) is 5.13. The van der Waals surface area contributed by atoms with E-state index in [-0.39, 0.29) is 5.91 Å². The van der Waals surface area contributed by atoms with Crippen molar-refractivity contribution in [1.29, 1.82) is 0 Å². The van der Waals surface area contributed by atoms with Crippen LogP contribution in [0.25, 0.3) is 10.8 Å². The molecular weight excluding hydrogens is 300 g/mol. The first-order chi connectivity index (χ1) is 11.8. The highest BCUT2D eigenvalue weighted by atomic mass is 16.5. The fourth-order valence-corrected chi connectivity index (χ4v) is 2.52. The van der Waals surface area contributed by atoms with E-state index < -0.39 is 6.10 Å². The van der Waals surface area contributed by atoms with Gasteiger partial charge in [0.05, 0.1) is 12.2 Å². The second kappa shape index (κ2) is 7.59. The van der Waals surface area contributed by atoms with Crippen LogP contribution in [-0.2, 0) is 11.3 Å². The number of pyridine rings is 1. The molecule has 1 amide bonds. The average molecular weight is 320 g/mol. The second-order valence-corrected chi connectivity index (χ2v) is 5.56. The molecule has 1 unspecified atom stereocenters. The molecule has 122 valence electrons. The molecule has 3 rings (SSSR count). The molecule has 0 aliphatic rings. The SMILES string of the molecule is CCC(Oc1ccc2ccccc2c1)C(=O)NCc1ccccn1. The molecule has 0 radical (unpaired) electrons. The Morgan fingerprint density at radius 3 is 2.62 bits per heavy atom. The Labute approximate surface area is 141 Å². The summed E-state index contributed by atoms with van der Waals surface area (Å²) in [5.41, 5.74) is 0.825. The molecule has 1 aromatic heterocycles. The maximum absolute atomic E-state index is 12.4. The van der Waals surface area contributed by atoms with E-state index in [1.54, 1.807) is 6.20 Å². The van der Waals surface area contributed by atoms with Gasteiger partial charge in [0.1, 0.15) is 5.75 Å². The van der Waals surface area contributed by atoms with Crippen molar-refractivity contribution in [3.8, 4) is 5.75 Å². The van der Waals surface area contributed by atoms with Crippen molar-refractivity contribution in [2.45, 2.75) is 26.0 Å². The number of hydrogen-bond donors (Lipinski definition) is 1. The van der Waals surface area contributed by atoms with E-state index in [4.69, 9.17) is 4.74 Å². The molecule has 0 aliphatic heterocycles. The number of aromatic nitrogens is 1. The van der Waals surface area contributed by atoms with Crippen molar-refractivity contribution in [2.75, 3.05) is 0 Å². The van der Waals surface area contributed by atoms with E-state index >= 15 is 0 Å². The van der Waals surface area contributed by atoms with Gasteiger partial charge < -0.3 is 10.1 Å². The van der Waals surface area contributed by atoms with Crippen molar-refractivity contribution in [3.05, 3.63) is 72.6 Å². The Hall–Kier alpha value is -2.88. The maximum atomic E-state index is 12.4.